The zero-order valence-electron chi connectivity index (χ0n) is 10.4. The minimum Gasteiger partial charge on any atom is -0.508 e. The van der Waals surface area contributed by atoms with Gasteiger partial charge in [0.25, 0.3) is 0 Å². The van der Waals surface area contributed by atoms with E-state index in [0.717, 1.165) is 25.9 Å². The highest BCUT2D eigenvalue weighted by Gasteiger charge is 2.15. The Balaban J connectivity index is 1.74. The molecule has 1 aromatic carbocycles. The maximum Gasteiger partial charge on any atom is 0.224 e. The zero-order chi connectivity index (χ0) is 12.8. The first kappa shape index (κ1) is 12.9. The van der Waals surface area contributed by atoms with E-state index >= 15 is 0 Å². The number of phenols is 1. The van der Waals surface area contributed by atoms with E-state index in [2.05, 4.69) is 5.32 Å². The number of phenolic OH excluding ortho intramolecular Hbond substituents is 1. The summed E-state index contributed by atoms with van der Waals surface area (Å²) in [5, 5.41) is 12.1. The normalized spacial score (nSPS) is 19.4. The Bertz CT molecular complexity index is 400. The molecule has 1 unspecified atom stereocenters. The third kappa shape index (κ3) is 4.04. The van der Waals surface area contributed by atoms with Crippen LogP contribution < -0.4 is 5.32 Å². The van der Waals surface area contributed by atoms with Crippen LogP contribution in [0.4, 0.5) is 5.69 Å². The Morgan fingerprint density at radius 1 is 1.44 bits per heavy atom. The van der Waals surface area contributed by atoms with Gasteiger partial charge >= 0.3 is 0 Å². The lowest BCUT2D eigenvalue weighted by Crippen LogP contribution is -2.21. The molecule has 1 atom stereocenters. The predicted molar refractivity (Wildman–Crippen MR) is 69.6 cm³/mol. The van der Waals surface area contributed by atoms with E-state index in [9.17, 15) is 9.90 Å². The van der Waals surface area contributed by atoms with Gasteiger partial charge in [0, 0.05) is 24.8 Å². The van der Waals surface area contributed by atoms with Crippen LogP contribution in [0.3, 0.4) is 0 Å². The van der Waals surface area contributed by atoms with Crippen molar-refractivity contribution in [1.29, 1.82) is 0 Å². The van der Waals surface area contributed by atoms with Crippen molar-refractivity contribution in [3.8, 4) is 5.75 Å². The molecule has 4 nitrogen and oxygen atoms in total. The third-order valence-corrected chi connectivity index (χ3v) is 3.10. The molecule has 0 aliphatic carbocycles. The number of hydrogen-bond donors (Lipinski definition) is 2. The van der Waals surface area contributed by atoms with Crippen LogP contribution in [0.1, 0.15) is 32.1 Å². The number of aromatic hydroxyl groups is 1. The fourth-order valence-electron chi connectivity index (χ4n) is 2.13. The van der Waals surface area contributed by atoms with Gasteiger partial charge in [0.1, 0.15) is 5.75 Å². The van der Waals surface area contributed by atoms with Crippen LogP contribution >= 0.6 is 0 Å². The first-order valence-electron chi connectivity index (χ1n) is 6.44. The lowest BCUT2D eigenvalue weighted by Gasteiger charge is -2.22. The second-order valence-electron chi connectivity index (χ2n) is 4.63. The predicted octanol–water partition coefficient (Wildman–Crippen LogP) is 2.68. The Kier molecular flexibility index (Phi) is 4.59. The molecule has 1 amide bonds. The maximum absolute atomic E-state index is 11.7. The van der Waals surface area contributed by atoms with Crippen LogP contribution in [-0.2, 0) is 9.53 Å². The number of anilines is 1. The lowest BCUT2D eigenvalue weighted by atomic mass is 10.0. The van der Waals surface area contributed by atoms with E-state index in [1.807, 2.05) is 0 Å². The Hall–Kier alpha value is -1.55. The highest BCUT2D eigenvalue weighted by atomic mass is 16.5. The molecule has 1 aromatic rings. The van der Waals surface area contributed by atoms with Crippen LogP contribution in [0.25, 0.3) is 0 Å². The van der Waals surface area contributed by atoms with Gasteiger partial charge in [-0.25, -0.2) is 0 Å². The number of rotatable bonds is 4. The smallest absolute Gasteiger partial charge is 0.224 e. The van der Waals surface area contributed by atoms with Crippen molar-refractivity contribution in [3.63, 3.8) is 0 Å². The summed E-state index contributed by atoms with van der Waals surface area (Å²) in [7, 11) is 0. The first-order chi connectivity index (χ1) is 8.74. The number of carbonyl (C=O) groups excluding carboxylic acids is 1. The van der Waals surface area contributed by atoms with E-state index in [4.69, 9.17) is 4.74 Å². The van der Waals surface area contributed by atoms with E-state index in [-0.39, 0.29) is 17.8 Å². The summed E-state index contributed by atoms with van der Waals surface area (Å²) < 4.78 is 5.58. The van der Waals surface area contributed by atoms with Crippen molar-refractivity contribution in [2.24, 2.45) is 0 Å². The molecule has 1 fully saturated rings. The van der Waals surface area contributed by atoms with Gasteiger partial charge in [0.2, 0.25) is 5.91 Å². The largest absolute Gasteiger partial charge is 0.508 e. The molecule has 0 bridgehead atoms. The fourth-order valence-corrected chi connectivity index (χ4v) is 2.13. The van der Waals surface area contributed by atoms with Crippen LogP contribution in [0.15, 0.2) is 24.3 Å². The van der Waals surface area contributed by atoms with Gasteiger partial charge in [-0.05, 0) is 37.8 Å². The quantitative estimate of drug-likeness (QED) is 0.862. The van der Waals surface area contributed by atoms with Gasteiger partial charge in [0.05, 0.1) is 6.10 Å². The number of nitrogens with one attached hydrogen (secondary N) is 1. The molecule has 0 spiro atoms. The lowest BCUT2D eigenvalue weighted by molar-refractivity contribution is -0.117. The summed E-state index contributed by atoms with van der Waals surface area (Å²) in [6, 6.07) is 6.57. The topological polar surface area (TPSA) is 58.6 Å². The van der Waals surface area contributed by atoms with Gasteiger partial charge in [-0.3, -0.25) is 4.79 Å². The zero-order valence-corrected chi connectivity index (χ0v) is 10.4. The number of benzene rings is 1. The molecule has 0 aromatic heterocycles. The van der Waals surface area contributed by atoms with E-state index in [1.165, 1.54) is 12.5 Å². The molecule has 1 saturated heterocycles. The number of hydrogen-bond acceptors (Lipinski definition) is 3. The van der Waals surface area contributed by atoms with Crippen LogP contribution in [0.2, 0.25) is 0 Å². The summed E-state index contributed by atoms with van der Waals surface area (Å²) in [5.41, 5.74) is 0.629. The Morgan fingerprint density at radius 3 is 3.06 bits per heavy atom. The number of carbonyl (C=O) groups is 1. The molecule has 1 aliphatic heterocycles. The first-order valence-corrected chi connectivity index (χ1v) is 6.44. The summed E-state index contributed by atoms with van der Waals surface area (Å²) in [5.74, 6) is 0.123. The van der Waals surface area contributed by atoms with Crippen molar-refractivity contribution in [3.05, 3.63) is 24.3 Å². The molecule has 18 heavy (non-hydrogen) atoms. The standard InChI is InChI=1S/C14H19NO3/c16-12-5-3-4-11(10-12)15-14(17)8-7-13-6-1-2-9-18-13/h3-5,10,13,16H,1-2,6-9H2,(H,15,17). The van der Waals surface area contributed by atoms with Gasteiger partial charge in [0.15, 0.2) is 0 Å². The second-order valence-corrected chi connectivity index (χ2v) is 4.63. The number of amides is 1. The molecule has 2 N–H and O–H groups in total. The average molecular weight is 249 g/mol. The molecule has 2 rings (SSSR count). The van der Waals surface area contributed by atoms with Gasteiger partial charge in [-0.2, -0.15) is 0 Å². The summed E-state index contributed by atoms with van der Waals surface area (Å²) in [6.07, 6.45) is 4.84. The van der Waals surface area contributed by atoms with Crippen LogP contribution in [0, 0.1) is 0 Å². The maximum atomic E-state index is 11.7. The molecule has 1 heterocycles. The molecule has 4 heteroatoms. The average Bonchev–Trinajstić information content (AvgIpc) is 2.38. The van der Waals surface area contributed by atoms with Crippen molar-refractivity contribution in [2.75, 3.05) is 11.9 Å². The van der Waals surface area contributed by atoms with E-state index in [1.54, 1.807) is 18.2 Å². The van der Waals surface area contributed by atoms with Crippen molar-refractivity contribution < 1.29 is 14.6 Å². The van der Waals surface area contributed by atoms with Gasteiger partial charge in [-0.1, -0.05) is 6.07 Å². The number of ether oxygens (including phenoxy) is 1. The van der Waals surface area contributed by atoms with Crippen LogP contribution in [0.5, 0.6) is 5.75 Å². The molecule has 98 valence electrons. The third-order valence-electron chi connectivity index (χ3n) is 3.10. The molecular formula is C14H19NO3. The van der Waals surface area contributed by atoms with Crippen molar-refractivity contribution in [1.82, 2.24) is 0 Å². The highest BCUT2D eigenvalue weighted by Crippen LogP contribution is 2.18. The SMILES string of the molecule is O=C(CCC1CCCCO1)Nc1cccc(O)c1. The molecule has 0 saturated carbocycles. The summed E-state index contributed by atoms with van der Waals surface area (Å²) >= 11 is 0. The second kappa shape index (κ2) is 6.40. The van der Waals surface area contributed by atoms with Gasteiger partial charge in [-0.15, -0.1) is 0 Å². The Morgan fingerprint density at radius 2 is 2.33 bits per heavy atom. The van der Waals surface area contributed by atoms with E-state index < -0.39 is 0 Å². The van der Waals surface area contributed by atoms with Crippen molar-refractivity contribution in [2.45, 2.75) is 38.2 Å². The minimum atomic E-state index is -0.0326. The molecule has 1 aliphatic rings. The van der Waals surface area contributed by atoms with E-state index in [0.29, 0.717) is 12.1 Å². The molecule has 0 radical (unpaired) electrons. The monoisotopic (exact) mass is 249 g/mol. The van der Waals surface area contributed by atoms with Gasteiger partial charge < -0.3 is 15.2 Å². The van der Waals surface area contributed by atoms with Crippen LogP contribution in [-0.4, -0.2) is 23.7 Å². The highest BCUT2D eigenvalue weighted by molar-refractivity contribution is 5.90. The summed E-state index contributed by atoms with van der Waals surface area (Å²) in [4.78, 5) is 11.7. The fraction of sp³-hybridized carbons (Fsp3) is 0.500. The minimum absolute atomic E-state index is 0.0326. The van der Waals surface area contributed by atoms with Crippen molar-refractivity contribution >= 4 is 11.6 Å². The Labute approximate surface area is 107 Å². The molecular weight excluding hydrogens is 230 g/mol. The summed E-state index contributed by atoms with van der Waals surface area (Å²) in [6.45, 7) is 0.818.